The van der Waals surface area contributed by atoms with Crippen LogP contribution in [-0.2, 0) is 11.2 Å². The summed E-state index contributed by atoms with van der Waals surface area (Å²) in [6.07, 6.45) is 4.17. The lowest BCUT2D eigenvalue weighted by Crippen LogP contribution is -2.05. The van der Waals surface area contributed by atoms with E-state index >= 15 is 0 Å². The Hall–Kier alpha value is -1.82. The number of nitrogens with one attached hydrogen (secondary N) is 1. The van der Waals surface area contributed by atoms with Crippen molar-refractivity contribution in [2.24, 2.45) is 0 Å². The second-order valence-electron chi connectivity index (χ2n) is 3.77. The quantitative estimate of drug-likeness (QED) is 0.858. The lowest BCUT2D eigenvalue weighted by atomic mass is 10.2. The van der Waals surface area contributed by atoms with Crippen LogP contribution in [0.3, 0.4) is 0 Å². The van der Waals surface area contributed by atoms with Crippen molar-refractivity contribution >= 4 is 21.9 Å². The van der Waals surface area contributed by atoms with Crippen molar-refractivity contribution in [2.45, 2.75) is 6.42 Å². The van der Waals surface area contributed by atoms with Crippen molar-refractivity contribution in [2.75, 3.05) is 13.7 Å². The summed E-state index contributed by atoms with van der Waals surface area (Å²) in [6.45, 7) is 0.504. The molecule has 1 aromatic heterocycles. The highest BCUT2D eigenvalue weighted by molar-refractivity contribution is 9.10. The summed E-state index contributed by atoms with van der Waals surface area (Å²) >= 11 is 3.37. The summed E-state index contributed by atoms with van der Waals surface area (Å²) in [5, 5.41) is 0. The average molecular weight is 325 g/mol. The van der Waals surface area contributed by atoms with E-state index in [9.17, 15) is 4.79 Å². The Morgan fingerprint density at radius 1 is 1.47 bits per heavy atom. The van der Waals surface area contributed by atoms with Gasteiger partial charge in [0.15, 0.2) is 0 Å². The van der Waals surface area contributed by atoms with Crippen LogP contribution in [0.5, 0.6) is 5.75 Å². The fraction of sp³-hybridized carbons (Fsp3) is 0.231. The van der Waals surface area contributed by atoms with Crippen LogP contribution in [0.2, 0.25) is 0 Å². The van der Waals surface area contributed by atoms with Gasteiger partial charge in [0.05, 0.1) is 23.8 Å². The topological polar surface area (TPSA) is 64.2 Å². The molecule has 0 atom stereocenters. The zero-order valence-corrected chi connectivity index (χ0v) is 11.9. The number of methoxy groups -OCH3 is 1. The Labute approximate surface area is 119 Å². The fourth-order valence-electron chi connectivity index (χ4n) is 1.56. The number of hydrogen-bond donors (Lipinski definition) is 1. The minimum Gasteiger partial charge on any atom is -0.492 e. The molecule has 0 fully saturated rings. The Balaban J connectivity index is 1.95. The number of ether oxygens (including phenoxy) is 2. The number of imidazole rings is 1. The van der Waals surface area contributed by atoms with Gasteiger partial charge in [-0.1, -0.05) is 0 Å². The number of aromatic nitrogens is 2. The Morgan fingerprint density at radius 3 is 2.95 bits per heavy atom. The minimum absolute atomic E-state index is 0.372. The standard InChI is InChI=1S/C13H13BrN2O3/c1-18-13(17)9-2-3-11(10(14)8-9)19-7-4-12-15-5-6-16-12/h2-3,5-6,8H,4,7H2,1H3,(H,15,16). The first kappa shape index (κ1) is 13.6. The number of carbonyl (C=O) groups excluding carboxylic acids is 1. The van der Waals surface area contributed by atoms with Crippen LogP contribution in [0.1, 0.15) is 16.2 Å². The van der Waals surface area contributed by atoms with Crippen molar-refractivity contribution < 1.29 is 14.3 Å². The van der Waals surface area contributed by atoms with Crippen LogP contribution in [-0.4, -0.2) is 29.7 Å². The number of rotatable bonds is 5. The van der Waals surface area contributed by atoms with E-state index in [0.717, 1.165) is 10.3 Å². The molecule has 2 rings (SSSR count). The Bertz CT molecular complexity index is 555. The highest BCUT2D eigenvalue weighted by Gasteiger charge is 2.09. The summed E-state index contributed by atoms with van der Waals surface area (Å²) in [4.78, 5) is 18.5. The molecule has 0 aliphatic carbocycles. The van der Waals surface area contributed by atoms with Crippen LogP contribution in [0.15, 0.2) is 35.1 Å². The maximum absolute atomic E-state index is 11.4. The third kappa shape index (κ3) is 3.57. The van der Waals surface area contributed by atoms with Crippen LogP contribution >= 0.6 is 15.9 Å². The number of aromatic amines is 1. The third-order valence-electron chi connectivity index (χ3n) is 2.50. The first-order chi connectivity index (χ1) is 9.20. The van der Waals surface area contributed by atoms with Crippen molar-refractivity contribution in [3.05, 3.63) is 46.5 Å². The van der Waals surface area contributed by atoms with Gasteiger partial charge >= 0.3 is 5.97 Å². The number of esters is 1. The first-order valence-corrected chi connectivity index (χ1v) is 6.49. The summed E-state index contributed by atoms with van der Waals surface area (Å²) in [7, 11) is 1.35. The molecule has 0 amide bonds. The molecule has 0 saturated carbocycles. The smallest absolute Gasteiger partial charge is 0.337 e. The van der Waals surface area contributed by atoms with Gasteiger partial charge in [0.25, 0.3) is 0 Å². The molecule has 5 nitrogen and oxygen atoms in total. The van der Waals surface area contributed by atoms with E-state index in [1.807, 2.05) is 0 Å². The van der Waals surface area contributed by atoms with Gasteiger partial charge in [-0.05, 0) is 34.1 Å². The zero-order chi connectivity index (χ0) is 13.7. The van der Waals surface area contributed by atoms with E-state index in [-0.39, 0.29) is 5.97 Å². The number of halogens is 1. The SMILES string of the molecule is COC(=O)c1ccc(OCCc2ncc[nH]2)c(Br)c1. The van der Waals surface area contributed by atoms with E-state index in [1.54, 1.807) is 30.6 Å². The van der Waals surface area contributed by atoms with Crippen molar-refractivity contribution in [3.63, 3.8) is 0 Å². The number of benzene rings is 1. The molecule has 19 heavy (non-hydrogen) atoms. The monoisotopic (exact) mass is 324 g/mol. The first-order valence-electron chi connectivity index (χ1n) is 5.69. The van der Waals surface area contributed by atoms with Gasteiger partial charge in [-0.25, -0.2) is 9.78 Å². The molecule has 100 valence electrons. The maximum atomic E-state index is 11.4. The normalized spacial score (nSPS) is 10.2. The lowest BCUT2D eigenvalue weighted by Gasteiger charge is -2.08. The van der Waals surface area contributed by atoms with Crippen LogP contribution in [0.4, 0.5) is 0 Å². The van der Waals surface area contributed by atoms with Gasteiger partial charge in [0.1, 0.15) is 11.6 Å². The third-order valence-corrected chi connectivity index (χ3v) is 3.12. The highest BCUT2D eigenvalue weighted by Crippen LogP contribution is 2.26. The summed E-state index contributed by atoms with van der Waals surface area (Å²) in [5.74, 6) is 1.18. The molecule has 0 aliphatic rings. The van der Waals surface area contributed by atoms with Crippen LogP contribution in [0.25, 0.3) is 0 Å². The summed E-state index contributed by atoms with van der Waals surface area (Å²) in [6, 6.07) is 5.07. The predicted molar refractivity (Wildman–Crippen MR) is 73.3 cm³/mol. The van der Waals surface area contributed by atoms with E-state index < -0.39 is 0 Å². The van der Waals surface area contributed by atoms with E-state index in [0.29, 0.717) is 24.3 Å². The minimum atomic E-state index is -0.372. The van der Waals surface area contributed by atoms with Gasteiger partial charge < -0.3 is 14.5 Å². The van der Waals surface area contributed by atoms with E-state index in [1.165, 1.54) is 7.11 Å². The zero-order valence-electron chi connectivity index (χ0n) is 10.4. The van der Waals surface area contributed by atoms with Gasteiger partial charge in [-0.3, -0.25) is 0 Å². The molecule has 0 aliphatic heterocycles. The molecule has 0 saturated heterocycles. The van der Waals surface area contributed by atoms with Crippen molar-refractivity contribution in [3.8, 4) is 5.75 Å². The highest BCUT2D eigenvalue weighted by atomic mass is 79.9. The number of nitrogens with zero attached hydrogens (tertiary/aromatic N) is 1. The summed E-state index contributed by atoms with van der Waals surface area (Å²) < 4.78 is 11.0. The van der Waals surface area contributed by atoms with Crippen LogP contribution in [0, 0.1) is 0 Å². The van der Waals surface area contributed by atoms with Crippen molar-refractivity contribution in [1.82, 2.24) is 9.97 Å². The molecule has 0 radical (unpaired) electrons. The molecular weight excluding hydrogens is 312 g/mol. The summed E-state index contributed by atoms with van der Waals surface area (Å²) in [5.41, 5.74) is 0.479. The molecule has 0 spiro atoms. The largest absolute Gasteiger partial charge is 0.492 e. The van der Waals surface area contributed by atoms with Crippen LogP contribution < -0.4 is 4.74 Å². The van der Waals surface area contributed by atoms with Gasteiger partial charge in [-0.2, -0.15) is 0 Å². The molecular formula is C13H13BrN2O3. The molecule has 1 N–H and O–H groups in total. The second kappa shape index (κ2) is 6.38. The van der Waals surface area contributed by atoms with E-state index in [4.69, 9.17) is 4.74 Å². The molecule has 0 unspecified atom stereocenters. The second-order valence-corrected chi connectivity index (χ2v) is 4.63. The Morgan fingerprint density at radius 2 is 2.32 bits per heavy atom. The average Bonchev–Trinajstić information content (AvgIpc) is 2.93. The number of H-pyrrole nitrogens is 1. The Kier molecular flexibility index (Phi) is 4.57. The lowest BCUT2D eigenvalue weighted by molar-refractivity contribution is 0.0600. The number of hydrogen-bond acceptors (Lipinski definition) is 4. The van der Waals surface area contributed by atoms with Gasteiger partial charge in [0, 0.05) is 18.8 Å². The molecule has 0 bridgehead atoms. The van der Waals surface area contributed by atoms with E-state index in [2.05, 4.69) is 30.6 Å². The molecule has 2 aromatic rings. The van der Waals surface area contributed by atoms with Crippen molar-refractivity contribution in [1.29, 1.82) is 0 Å². The van der Waals surface area contributed by atoms with Gasteiger partial charge in [0.2, 0.25) is 0 Å². The van der Waals surface area contributed by atoms with Gasteiger partial charge in [-0.15, -0.1) is 0 Å². The predicted octanol–water partition coefficient (Wildman–Crippen LogP) is 2.58. The molecule has 1 heterocycles. The molecule has 6 heteroatoms. The number of carbonyl (C=O) groups is 1. The maximum Gasteiger partial charge on any atom is 0.337 e. The molecule has 1 aromatic carbocycles. The fourth-order valence-corrected chi connectivity index (χ4v) is 2.05.